The first-order chi connectivity index (χ1) is 6.56. The summed E-state index contributed by atoms with van der Waals surface area (Å²) in [5.41, 5.74) is 0.839. The molecule has 0 aliphatic heterocycles. The smallest absolute Gasteiger partial charge is 0.125 e. The van der Waals surface area contributed by atoms with Gasteiger partial charge in [0.05, 0.1) is 13.2 Å². The van der Waals surface area contributed by atoms with Gasteiger partial charge in [0.15, 0.2) is 0 Å². The molecule has 1 N–H and O–H groups in total. The molecule has 1 aromatic carbocycles. The van der Waals surface area contributed by atoms with Crippen molar-refractivity contribution in [3.05, 3.63) is 28.2 Å². The fourth-order valence-corrected chi connectivity index (χ4v) is 1.63. The highest BCUT2D eigenvalue weighted by Gasteiger charge is 2.16. The fraction of sp³-hybridized carbons (Fsp3) is 0.455. The molecule has 0 aromatic heterocycles. The summed E-state index contributed by atoms with van der Waals surface area (Å²) < 4.78 is 6.16. The summed E-state index contributed by atoms with van der Waals surface area (Å²) in [4.78, 5) is 0. The molecule has 14 heavy (non-hydrogen) atoms. The molecule has 0 aliphatic carbocycles. The molecule has 0 aliphatic rings. The van der Waals surface area contributed by atoms with Crippen molar-refractivity contribution in [2.75, 3.05) is 7.11 Å². The lowest BCUT2D eigenvalue weighted by Crippen LogP contribution is -2.07. The first kappa shape index (κ1) is 11.5. The van der Waals surface area contributed by atoms with E-state index in [0.29, 0.717) is 0 Å². The molecule has 0 radical (unpaired) electrons. The Hall–Kier alpha value is -0.540. The number of hydrogen-bond donors (Lipinski definition) is 1. The summed E-state index contributed by atoms with van der Waals surface area (Å²) in [5, 5.41) is 9.91. The second-order valence-electron chi connectivity index (χ2n) is 3.58. The van der Waals surface area contributed by atoms with Crippen LogP contribution in [0.2, 0.25) is 0 Å². The van der Waals surface area contributed by atoms with Crippen LogP contribution in [0.3, 0.4) is 0 Å². The molecule has 0 spiro atoms. The number of aliphatic hydroxyl groups is 1. The van der Waals surface area contributed by atoms with E-state index in [-0.39, 0.29) is 5.92 Å². The van der Waals surface area contributed by atoms with Crippen molar-refractivity contribution in [2.45, 2.75) is 20.0 Å². The third-order valence-corrected chi connectivity index (χ3v) is 2.64. The first-order valence-electron chi connectivity index (χ1n) is 4.57. The van der Waals surface area contributed by atoms with Gasteiger partial charge in [-0.25, -0.2) is 0 Å². The summed E-state index contributed by atoms with van der Waals surface area (Å²) >= 11 is 3.36. The van der Waals surface area contributed by atoms with Gasteiger partial charge in [-0.05, 0) is 18.1 Å². The lowest BCUT2D eigenvalue weighted by Gasteiger charge is -2.17. The summed E-state index contributed by atoms with van der Waals surface area (Å²) in [6.45, 7) is 3.96. The monoisotopic (exact) mass is 258 g/mol. The van der Waals surface area contributed by atoms with Gasteiger partial charge in [-0.2, -0.15) is 0 Å². The number of aliphatic hydroxyl groups excluding tert-OH is 1. The van der Waals surface area contributed by atoms with Crippen molar-refractivity contribution >= 4 is 15.9 Å². The van der Waals surface area contributed by atoms with Gasteiger partial charge in [-0.1, -0.05) is 35.8 Å². The maximum atomic E-state index is 9.91. The van der Waals surface area contributed by atoms with Crippen LogP contribution < -0.4 is 4.74 Å². The normalized spacial score (nSPS) is 13.0. The third-order valence-electron chi connectivity index (χ3n) is 2.15. The maximum absolute atomic E-state index is 9.91. The topological polar surface area (TPSA) is 29.5 Å². The molecule has 0 amide bonds. The molecule has 0 saturated heterocycles. The van der Waals surface area contributed by atoms with Crippen molar-refractivity contribution < 1.29 is 9.84 Å². The molecule has 0 heterocycles. The zero-order valence-electron chi connectivity index (χ0n) is 8.62. The van der Waals surface area contributed by atoms with Gasteiger partial charge in [0.1, 0.15) is 5.75 Å². The Morgan fingerprint density at radius 3 is 2.50 bits per heavy atom. The molecule has 0 saturated carbocycles. The zero-order valence-corrected chi connectivity index (χ0v) is 10.2. The van der Waals surface area contributed by atoms with Crippen LogP contribution in [0.25, 0.3) is 0 Å². The van der Waals surface area contributed by atoms with E-state index in [2.05, 4.69) is 15.9 Å². The van der Waals surface area contributed by atoms with E-state index in [1.54, 1.807) is 7.11 Å². The Bertz CT molecular complexity index is 310. The number of benzene rings is 1. The molecule has 0 bridgehead atoms. The highest BCUT2D eigenvalue weighted by atomic mass is 79.9. The van der Waals surface area contributed by atoms with E-state index in [4.69, 9.17) is 4.74 Å². The van der Waals surface area contributed by atoms with E-state index in [9.17, 15) is 5.11 Å². The Labute approximate surface area is 93.0 Å². The van der Waals surface area contributed by atoms with E-state index >= 15 is 0 Å². The summed E-state index contributed by atoms with van der Waals surface area (Å²) in [7, 11) is 1.61. The van der Waals surface area contributed by atoms with Gasteiger partial charge in [-0.3, -0.25) is 0 Å². The minimum atomic E-state index is -0.474. The van der Waals surface area contributed by atoms with E-state index < -0.39 is 6.10 Å². The Morgan fingerprint density at radius 2 is 2.00 bits per heavy atom. The highest BCUT2D eigenvalue weighted by molar-refractivity contribution is 9.10. The lowest BCUT2D eigenvalue weighted by molar-refractivity contribution is 0.123. The van der Waals surface area contributed by atoms with Crippen LogP contribution in [0.15, 0.2) is 22.7 Å². The Kier molecular flexibility index (Phi) is 3.96. The minimum Gasteiger partial charge on any atom is -0.496 e. The maximum Gasteiger partial charge on any atom is 0.125 e. The molecular weight excluding hydrogens is 244 g/mol. The van der Waals surface area contributed by atoms with Crippen LogP contribution in [0.4, 0.5) is 0 Å². The second kappa shape index (κ2) is 4.80. The van der Waals surface area contributed by atoms with Crippen LogP contribution in [0.5, 0.6) is 5.75 Å². The van der Waals surface area contributed by atoms with Crippen molar-refractivity contribution in [3.8, 4) is 5.75 Å². The van der Waals surface area contributed by atoms with E-state index in [1.807, 2.05) is 32.0 Å². The van der Waals surface area contributed by atoms with Gasteiger partial charge in [0.2, 0.25) is 0 Å². The van der Waals surface area contributed by atoms with Crippen molar-refractivity contribution in [1.29, 1.82) is 0 Å². The van der Waals surface area contributed by atoms with Crippen LogP contribution in [-0.2, 0) is 0 Å². The van der Waals surface area contributed by atoms with Crippen molar-refractivity contribution in [1.82, 2.24) is 0 Å². The summed E-state index contributed by atoms with van der Waals surface area (Å²) in [5.74, 6) is 0.908. The van der Waals surface area contributed by atoms with Gasteiger partial charge in [-0.15, -0.1) is 0 Å². The van der Waals surface area contributed by atoms with Gasteiger partial charge >= 0.3 is 0 Å². The summed E-state index contributed by atoms with van der Waals surface area (Å²) in [6.07, 6.45) is -0.474. The van der Waals surface area contributed by atoms with Crippen molar-refractivity contribution in [3.63, 3.8) is 0 Å². The molecule has 1 atom stereocenters. The molecular formula is C11H15BrO2. The number of methoxy groups -OCH3 is 1. The fourth-order valence-electron chi connectivity index (χ4n) is 1.29. The van der Waals surface area contributed by atoms with Crippen LogP contribution in [0.1, 0.15) is 25.5 Å². The molecule has 1 aromatic rings. The van der Waals surface area contributed by atoms with Gasteiger partial charge in [0, 0.05) is 10.0 Å². The molecule has 1 unspecified atom stereocenters. The molecule has 3 heteroatoms. The Morgan fingerprint density at radius 1 is 1.36 bits per heavy atom. The summed E-state index contributed by atoms with van der Waals surface area (Å²) in [6, 6.07) is 5.65. The zero-order chi connectivity index (χ0) is 10.7. The molecule has 1 rings (SSSR count). The number of hydrogen-bond acceptors (Lipinski definition) is 2. The SMILES string of the molecule is COc1cc(Br)ccc1C(O)C(C)C. The van der Waals surface area contributed by atoms with Gasteiger partial charge < -0.3 is 9.84 Å². The lowest BCUT2D eigenvalue weighted by atomic mass is 9.98. The number of halogens is 1. The predicted molar refractivity (Wildman–Crippen MR) is 60.5 cm³/mol. The standard InChI is InChI=1S/C11H15BrO2/c1-7(2)11(13)9-5-4-8(12)6-10(9)14-3/h4-7,11,13H,1-3H3. The predicted octanol–water partition coefficient (Wildman–Crippen LogP) is 3.15. The van der Waals surface area contributed by atoms with Crippen molar-refractivity contribution in [2.24, 2.45) is 5.92 Å². The minimum absolute atomic E-state index is 0.185. The average molecular weight is 259 g/mol. The van der Waals surface area contributed by atoms with Crippen LogP contribution in [0, 0.1) is 5.92 Å². The van der Waals surface area contributed by atoms with Crippen LogP contribution in [-0.4, -0.2) is 12.2 Å². The number of ether oxygens (including phenoxy) is 1. The molecule has 78 valence electrons. The largest absolute Gasteiger partial charge is 0.496 e. The first-order valence-corrected chi connectivity index (χ1v) is 5.37. The highest BCUT2D eigenvalue weighted by Crippen LogP contribution is 2.31. The Balaban J connectivity index is 3.07. The van der Waals surface area contributed by atoms with Crippen LogP contribution >= 0.6 is 15.9 Å². The number of rotatable bonds is 3. The third kappa shape index (κ3) is 2.49. The quantitative estimate of drug-likeness (QED) is 0.903. The molecule has 2 nitrogen and oxygen atoms in total. The van der Waals surface area contributed by atoms with E-state index in [1.165, 1.54) is 0 Å². The second-order valence-corrected chi connectivity index (χ2v) is 4.49. The van der Waals surface area contributed by atoms with Gasteiger partial charge in [0.25, 0.3) is 0 Å². The van der Waals surface area contributed by atoms with E-state index in [0.717, 1.165) is 15.8 Å². The average Bonchev–Trinajstić information content (AvgIpc) is 2.16. The molecule has 0 fully saturated rings.